The van der Waals surface area contributed by atoms with E-state index in [1.54, 1.807) is 6.33 Å². The molecular weight excluding hydrogens is 234 g/mol. The molecule has 0 spiro atoms. The van der Waals surface area contributed by atoms with E-state index in [1.165, 1.54) is 37.7 Å². The predicted molar refractivity (Wildman–Crippen MR) is 75.9 cm³/mol. The number of benzene rings is 1. The fourth-order valence-corrected chi connectivity index (χ4v) is 3.81. The largest absolute Gasteiger partial charge is 0.249 e. The van der Waals surface area contributed by atoms with E-state index < -0.39 is 0 Å². The lowest BCUT2D eigenvalue weighted by Crippen LogP contribution is -2.33. The van der Waals surface area contributed by atoms with Crippen LogP contribution in [-0.4, -0.2) is 14.8 Å². The first-order valence-electron chi connectivity index (χ1n) is 7.26. The molecule has 1 aromatic heterocycles. The number of rotatable bonds is 4. The van der Waals surface area contributed by atoms with Gasteiger partial charge in [0.05, 0.1) is 6.04 Å². The van der Waals surface area contributed by atoms with E-state index in [9.17, 15) is 0 Å². The Bertz CT molecular complexity index is 506. The summed E-state index contributed by atoms with van der Waals surface area (Å²) in [6.07, 6.45) is 9.71. The predicted octanol–water partition coefficient (Wildman–Crippen LogP) is 3.74. The van der Waals surface area contributed by atoms with Gasteiger partial charge in [0, 0.05) is 5.41 Å². The summed E-state index contributed by atoms with van der Waals surface area (Å²) in [5.41, 5.74) is 1.71. The van der Waals surface area contributed by atoms with Crippen molar-refractivity contribution in [3.05, 3.63) is 48.5 Å². The number of nitrogens with zero attached hydrogens (tertiary/aromatic N) is 3. The second-order valence-electron chi connectivity index (χ2n) is 5.56. The molecule has 1 aromatic carbocycles. The van der Waals surface area contributed by atoms with Crippen molar-refractivity contribution in [1.29, 1.82) is 0 Å². The van der Waals surface area contributed by atoms with Crippen LogP contribution in [0.25, 0.3) is 0 Å². The van der Waals surface area contributed by atoms with Crippen LogP contribution in [-0.2, 0) is 5.41 Å². The van der Waals surface area contributed by atoms with Gasteiger partial charge in [-0.3, -0.25) is 0 Å². The van der Waals surface area contributed by atoms with Gasteiger partial charge < -0.3 is 0 Å². The molecule has 1 aliphatic rings. The number of aromatic nitrogens is 3. The topological polar surface area (TPSA) is 30.7 Å². The second-order valence-corrected chi connectivity index (χ2v) is 5.56. The first-order chi connectivity index (χ1) is 9.37. The van der Waals surface area contributed by atoms with Crippen LogP contribution in [0, 0.1) is 0 Å². The van der Waals surface area contributed by atoms with Gasteiger partial charge in [-0.1, -0.05) is 50.1 Å². The molecule has 1 aliphatic carbocycles. The van der Waals surface area contributed by atoms with Gasteiger partial charge >= 0.3 is 0 Å². The lowest BCUT2D eigenvalue weighted by molar-refractivity contribution is 0.269. The van der Waals surface area contributed by atoms with Crippen LogP contribution >= 0.6 is 0 Å². The molecule has 3 heteroatoms. The molecule has 0 N–H and O–H groups in total. The highest BCUT2D eigenvalue weighted by Gasteiger charge is 2.44. The highest BCUT2D eigenvalue weighted by molar-refractivity contribution is 5.28. The summed E-state index contributed by atoms with van der Waals surface area (Å²) in [6.45, 7) is 2.28. The number of hydrogen-bond acceptors (Lipinski definition) is 2. The maximum atomic E-state index is 4.41. The standard InChI is InChI=1S/C16H21N3/c1-2-10-16(14-7-4-3-5-8-14)11-6-9-15(16)19-13-17-12-18-19/h3-5,7-8,12-13,15H,2,6,9-11H2,1H3. The molecule has 0 saturated heterocycles. The highest BCUT2D eigenvalue weighted by atomic mass is 15.3. The summed E-state index contributed by atoms with van der Waals surface area (Å²) in [6, 6.07) is 11.4. The van der Waals surface area contributed by atoms with Crippen LogP contribution in [0.3, 0.4) is 0 Å². The molecule has 1 heterocycles. The maximum Gasteiger partial charge on any atom is 0.137 e. The summed E-state index contributed by atoms with van der Waals surface area (Å²) < 4.78 is 2.08. The van der Waals surface area contributed by atoms with Crippen molar-refractivity contribution >= 4 is 0 Å². The van der Waals surface area contributed by atoms with Crippen molar-refractivity contribution in [2.24, 2.45) is 0 Å². The first kappa shape index (κ1) is 12.4. The molecule has 0 radical (unpaired) electrons. The molecule has 19 heavy (non-hydrogen) atoms. The summed E-state index contributed by atoms with van der Waals surface area (Å²) >= 11 is 0. The Kier molecular flexibility index (Phi) is 3.36. The van der Waals surface area contributed by atoms with Gasteiger partial charge in [0.15, 0.2) is 0 Å². The quantitative estimate of drug-likeness (QED) is 0.833. The van der Waals surface area contributed by atoms with Crippen molar-refractivity contribution in [2.75, 3.05) is 0 Å². The molecule has 0 amide bonds. The van der Waals surface area contributed by atoms with Gasteiger partial charge in [-0.2, -0.15) is 5.10 Å². The highest BCUT2D eigenvalue weighted by Crippen LogP contribution is 2.51. The van der Waals surface area contributed by atoms with E-state index in [4.69, 9.17) is 0 Å². The zero-order valence-electron chi connectivity index (χ0n) is 11.5. The van der Waals surface area contributed by atoms with E-state index >= 15 is 0 Å². The van der Waals surface area contributed by atoms with Gasteiger partial charge in [-0.05, 0) is 24.8 Å². The fourth-order valence-electron chi connectivity index (χ4n) is 3.81. The van der Waals surface area contributed by atoms with Crippen molar-refractivity contribution in [2.45, 2.75) is 50.5 Å². The summed E-state index contributed by atoms with van der Waals surface area (Å²) in [5, 5.41) is 4.41. The van der Waals surface area contributed by atoms with Crippen molar-refractivity contribution in [3.8, 4) is 0 Å². The molecule has 2 aromatic rings. The Hall–Kier alpha value is -1.64. The van der Waals surface area contributed by atoms with Crippen molar-refractivity contribution in [3.63, 3.8) is 0 Å². The monoisotopic (exact) mass is 255 g/mol. The van der Waals surface area contributed by atoms with E-state index in [0.29, 0.717) is 6.04 Å². The Morgan fingerprint density at radius 3 is 2.84 bits per heavy atom. The Balaban J connectivity index is 2.04. The zero-order chi connectivity index (χ0) is 13.1. The summed E-state index contributed by atoms with van der Waals surface area (Å²) in [5.74, 6) is 0. The smallest absolute Gasteiger partial charge is 0.137 e. The lowest BCUT2D eigenvalue weighted by atomic mass is 9.72. The van der Waals surface area contributed by atoms with E-state index in [-0.39, 0.29) is 5.41 Å². The third-order valence-electron chi connectivity index (χ3n) is 4.54. The van der Waals surface area contributed by atoms with Crippen LogP contribution in [0.5, 0.6) is 0 Å². The van der Waals surface area contributed by atoms with Gasteiger partial charge in [0.2, 0.25) is 0 Å². The molecule has 0 bridgehead atoms. The fraction of sp³-hybridized carbons (Fsp3) is 0.500. The number of hydrogen-bond donors (Lipinski definition) is 0. The van der Waals surface area contributed by atoms with Crippen LogP contribution in [0.2, 0.25) is 0 Å². The third kappa shape index (κ3) is 2.07. The first-order valence-corrected chi connectivity index (χ1v) is 7.26. The minimum Gasteiger partial charge on any atom is -0.249 e. The van der Waals surface area contributed by atoms with Crippen LogP contribution in [0.1, 0.15) is 50.6 Å². The summed E-state index contributed by atoms with van der Waals surface area (Å²) in [4.78, 5) is 4.14. The molecule has 3 rings (SSSR count). The van der Waals surface area contributed by atoms with Gasteiger partial charge in [-0.25, -0.2) is 9.67 Å². The molecule has 100 valence electrons. The third-order valence-corrected chi connectivity index (χ3v) is 4.54. The maximum absolute atomic E-state index is 4.41. The van der Waals surface area contributed by atoms with Gasteiger partial charge in [0.1, 0.15) is 12.7 Å². The van der Waals surface area contributed by atoms with Crippen LogP contribution < -0.4 is 0 Å². The van der Waals surface area contributed by atoms with Gasteiger partial charge in [-0.15, -0.1) is 0 Å². The molecule has 1 fully saturated rings. The molecular formula is C16H21N3. The van der Waals surface area contributed by atoms with E-state index in [0.717, 1.165) is 0 Å². The van der Waals surface area contributed by atoms with Gasteiger partial charge in [0.25, 0.3) is 0 Å². The average molecular weight is 255 g/mol. The molecule has 0 aliphatic heterocycles. The van der Waals surface area contributed by atoms with Crippen LogP contribution in [0.15, 0.2) is 43.0 Å². The molecule has 2 atom stereocenters. The Morgan fingerprint density at radius 2 is 2.16 bits per heavy atom. The van der Waals surface area contributed by atoms with Crippen molar-refractivity contribution in [1.82, 2.24) is 14.8 Å². The second kappa shape index (κ2) is 5.16. The average Bonchev–Trinajstić information content (AvgIpc) is 3.09. The van der Waals surface area contributed by atoms with E-state index in [2.05, 4.69) is 52.0 Å². The Morgan fingerprint density at radius 1 is 1.32 bits per heavy atom. The van der Waals surface area contributed by atoms with Crippen LogP contribution in [0.4, 0.5) is 0 Å². The van der Waals surface area contributed by atoms with Crippen molar-refractivity contribution < 1.29 is 0 Å². The SMILES string of the molecule is CCCC1(c2ccccc2)CCCC1n1cncn1. The molecule has 3 nitrogen and oxygen atoms in total. The summed E-state index contributed by atoms with van der Waals surface area (Å²) in [7, 11) is 0. The zero-order valence-corrected chi connectivity index (χ0v) is 11.5. The van der Waals surface area contributed by atoms with E-state index in [1.807, 2.05) is 6.33 Å². The molecule has 1 saturated carbocycles. The molecule has 2 unspecified atom stereocenters. The normalized spacial score (nSPS) is 26.7. The lowest BCUT2D eigenvalue weighted by Gasteiger charge is -2.36. The minimum atomic E-state index is 0.240. The Labute approximate surface area is 114 Å². The minimum absolute atomic E-state index is 0.240.